The molecule has 32 heteroatoms. The summed E-state index contributed by atoms with van der Waals surface area (Å²) < 4.78 is 64.0. The molecule has 0 radical (unpaired) electrons. The van der Waals surface area contributed by atoms with Gasteiger partial charge in [0.1, 0.15) is 140 Å². The Morgan fingerprint density at radius 2 is 0.708 bits per heavy atom. The summed E-state index contributed by atoms with van der Waals surface area (Å²) in [6.45, 7) is -1.64. The summed E-state index contributed by atoms with van der Waals surface area (Å²) in [7, 11) is 0. The third kappa shape index (κ3) is 12.5. The summed E-state index contributed by atoms with van der Waals surface area (Å²) in [4.78, 5) is 24.9. The molecule has 72 heavy (non-hydrogen) atoms. The summed E-state index contributed by atoms with van der Waals surface area (Å²) in [5.41, 5.74) is 0. The molecule has 1 unspecified atom stereocenters. The van der Waals surface area contributed by atoms with Crippen LogP contribution in [-0.2, 0) is 61.7 Å². The molecule has 0 aromatic rings. The molecule has 6 fully saturated rings. The summed E-state index contributed by atoms with van der Waals surface area (Å²) in [6.07, 6.45) is -54.0. The van der Waals surface area contributed by atoms with E-state index in [0.717, 1.165) is 13.8 Å². The minimum Gasteiger partial charge on any atom is -0.394 e. The average Bonchev–Trinajstić information content (AvgIpc) is 3.34. The van der Waals surface area contributed by atoms with Crippen molar-refractivity contribution in [2.75, 3.05) is 33.0 Å². The summed E-state index contributed by atoms with van der Waals surface area (Å²) in [5, 5.41) is 188. The summed E-state index contributed by atoms with van der Waals surface area (Å²) in [5.74, 6) is -1.63. The topological polar surface area (TPSA) is 504 Å². The highest BCUT2D eigenvalue weighted by molar-refractivity contribution is 5.73. The van der Waals surface area contributed by atoms with Crippen molar-refractivity contribution in [3.05, 3.63) is 0 Å². The van der Waals surface area contributed by atoms with Crippen molar-refractivity contribution in [3.63, 3.8) is 0 Å². The molecule has 0 aromatic carbocycles. The molecule has 2 amide bonds. The van der Waals surface area contributed by atoms with Crippen molar-refractivity contribution in [1.82, 2.24) is 10.6 Å². The van der Waals surface area contributed by atoms with Crippen LogP contribution >= 0.6 is 0 Å². The Bertz CT molecular complexity index is 1730. The highest BCUT2D eigenvalue weighted by Crippen LogP contribution is 2.38. The molecule has 0 bridgehead atoms. The Hall–Kier alpha value is -2.18. The van der Waals surface area contributed by atoms with Crippen molar-refractivity contribution < 1.29 is 149 Å². The number of rotatable bonds is 17. The summed E-state index contributed by atoms with van der Waals surface area (Å²) >= 11 is 0. The van der Waals surface area contributed by atoms with Gasteiger partial charge in [-0.3, -0.25) is 9.59 Å². The number of aliphatic hydroxyl groups excluding tert-OH is 17. The van der Waals surface area contributed by atoms with Gasteiger partial charge >= 0.3 is 0 Å². The molecule has 6 aliphatic heterocycles. The Kier molecular flexibility index (Phi) is 20.8. The van der Waals surface area contributed by atoms with Crippen LogP contribution in [0.25, 0.3) is 0 Å². The van der Waals surface area contributed by atoms with Crippen molar-refractivity contribution >= 4 is 11.8 Å². The fraction of sp³-hybridized carbons (Fsp3) is 0.950. The molecule has 6 aliphatic rings. The lowest BCUT2D eigenvalue weighted by Crippen LogP contribution is -2.71. The first kappa shape index (κ1) is 59.1. The molecule has 6 heterocycles. The Morgan fingerprint density at radius 1 is 0.361 bits per heavy atom. The maximum absolute atomic E-state index is 12.8. The van der Waals surface area contributed by atoms with E-state index in [2.05, 4.69) is 10.6 Å². The second-order valence-corrected chi connectivity index (χ2v) is 18.2. The SMILES string of the molecule is CC(=O)N[C@H]1[C@@H](O[C@H]2[C@@H](O)[C@@H](CO)O[C@@H](O[C@H]3[C@@H](O)[C@@H](CO)O[C@@H](O[C@H]4[C@@H](O)[C@@H](CO)OC(O)[C@@H]4NC(C)=O)[C@@H]3O)[C@@H]2O[C@@H]2O[C@@H](C)[C@@H](O)[C@@H](O)[C@@H]2O)O[C@H](CO)[C@H](O)[C@@H]1O[C@H]1O[C@H](CO)[C@H](O)[C@H](O)[C@H]1O. The number of ether oxygens (including phenoxy) is 11. The molecule has 6 rings (SSSR count). The van der Waals surface area contributed by atoms with Gasteiger partial charge in [-0.05, 0) is 6.92 Å². The average molecular weight is 1060 g/mol. The highest BCUT2D eigenvalue weighted by atomic mass is 16.8. The minimum absolute atomic E-state index is 0.760. The fourth-order valence-corrected chi connectivity index (χ4v) is 9.23. The van der Waals surface area contributed by atoms with Crippen molar-refractivity contribution in [2.45, 2.75) is 205 Å². The predicted octanol–water partition coefficient (Wildman–Crippen LogP) is -12.8. The van der Waals surface area contributed by atoms with E-state index in [1.807, 2.05) is 0 Å². The largest absolute Gasteiger partial charge is 0.394 e. The first-order valence-electron chi connectivity index (χ1n) is 23.0. The first-order chi connectivity index (χ1) is 34.0. The van der Waals surface area contributed by atoms with Gasteiger partial charge in [0.05, 0.1) is 39.1 Å². The molecule has 0 aliphatic carbocycles. The van der Waals surface area contributed by atoms with Gasteiger partial charge in [-0.1, -0.05) is 0 Å². The Balaban J connectivity index is 1.38. The molecule has 30 atom stereocenters. The van der Waals surface area contributed by atoms with Crippen molar-refractivity contribution in [2.24, 2.45) is 0 Å². The molecule has 0 spiro atoms. The molecule has 19 N–H and O–H groups in total. The number of amides is 2. The quantitative estimate of drug-likeness (QED) is 0.0643. The van der Waals surface area contributed by atoms with Gasteiger partial charge in [0, 0.05) is 13.8 Å². The van der Waals surface area contributed by atoms with Gasteiger partial charge in [0.25, 0.3) is 0 Å². The molecule has 418 valence electrons. The van der Waals surface area contributed by atoms with Gasteiger partial charge < -0.3 is 150 Å². The van der Waals surface area contributed by atoms with Crippen LogP contribution in [0.4, 0.5) is 0 Å². The van der Waals surface area contributed by atoms with Gasteiger partial charge in [-0.2, -0.15) is 0 Å². The smallest absolute Gasteiger partial charge is 0.217 e. The van der Waals surface area contributed by atoms with Crippen LogP contribution < -0.4 is 10.6 Å². The van der Waals surface area contributed by atoms with Crippen LogP contribution in [0.15, 0.2) is 0 Å². The normalized spacial score (nSPS) is 50.3. The number of carbonyl (C=O) groups is 2. The number of aliphatic hydroxyl groups is 17. The van der Waals surface area contributed by atoms with Crippen LogP contribution in [0.2, 0.25) is 0 Å². The minimum atomic E-state index is -2.25. The van der Waals surface area contributed by atoms with E-state index in [0.29, 0.717) is 0 Å². The van der Waals surface area contributed by atoms with E-state index in [4.69, 9.17) is 52.1 Å². The maximum atomic E-state index is 12.8. The zero-order chi connectivity index (χ0) is 53.2. The van der Waals surface area contributed by atoms with Crippen LogP contribution in [0.1, 0.15) is 20.8 Å². The lowest BCUT2D eigenvalue weighted by atomic mass is 9.94. The molecule has 6 saturated heterocycles. The highest BCUT2D eigenvalue weighted by Gasteiger charge is 2.59. The summed E-state index contributed by atoms with van der Waals surface area (Å²) in [6, 6.07) is -3.41. The molecular weight excluding hydrogens is 988 g/mol. The monoisotopic (exact) mass is 1060 g/mol. The second kappa shape index (κ2) is 25.3. The number of nitrogens with one attached hydrogen (secondary N) is 2. The van der Waals surface area contributed by atoms with E-state index in [1.54, 1.807) is 0 Å². The van der Waals surface area contributed by atoms with Crippen molar-refractivity contribution in [3.8, 4) is 0 Å². The van der Waals surface area contributed by atoms with Crippen LogP contribution in [-0.4, -0.2) is 316 Å². The van der Waals surface area contributed by atoms with E-state index in [-0.39, 0.29) is 0 Å². The second-order valence-electron chi connectivity index (χ2n) is 18.2. The van der Waals surface area contributed by atoms with E-state index in [1.165, 1.54) is 6.92 Å². The Labute approximate surface area is 408 Å². The lowest BCUT2D eigenvalue weighted by Gasteiger charge is -2.52. The Morgan fingerprint density at radius 3 is 1.22 bits per heavy atom. The molecular formula is C40H68N2O30. The fourth-order valence-electron chi connectivity index (χ4n) is 9.23. The van der Waals surface area contributed by atoms with Gasteiger partial charge in [0.15, 0.2) is 37.7 Å². The number of hydrogen-bond acceptors (Lipinski definition) is 30. The van der Waals surface area contributed by atoms with Gasteiger partial charge in [-0.15, -0.1) is 0 Å². The van der Waals surface area contributed by atoms with E-state index < -0.39 is 229 Å². The zero-order valence-electron chi connectivity index (χ0n) is 38.8. The third-order valence-corrected chi connectivity index (χ3v) is 13.2. The van der Waals surface area contributed by atoms with E-state index in [9.17, 15) is 96.4 Å². The van der Waals surface area contributed by atoms with E-state index >= 15 is 0 Å². The van der Waals surface area contributed by atoms with Gasteiger partial charge in [0.2, 0.25) is 11.8 Å². The third-order valence-electron chi connectivity index (χ3n) is 13.2. The van der Waals surface area contributed by atoms with Crippen molar-refractivity contribution in [1.29, 1.82) is 0 Å². The number of hydrogen-bond donors (Lipinski definition) is 19. The zero-order valence-corrected chi connectivity index (χ0v) is 38.8. The predicted molar refractivity (Wildman–Crippen MR) is 221 cm³/mol. The standard InChI is InChI=1S/C40H68N2O30/c1-9-19(50)25(56)27(58)37(62-9)72-34-33(71-36-18(42-11(3)49)31(22(53)14(6-45)64-36)69-38-28(59)26(57)20(51)12(4-43)65-38)24(55)16(8-47)67-40(34)70-32-23(54)15(7-46)66-39(29(32)60)68-30-17(41-10(2)48)35(61)63-13(5-44)21(30)52/h9,12-40,43-47,50-61H,4-8H2,1-3H3,(H,41,48)(H,42,49)/t9-,12+,13+,14+,15+,16+,17+,18+,19+,20-,21-,22-,23-,24-,25+,26-,27-,28+,29+,30+,31+,32-,33-,34+,35?,36+,37-,38+,39-,40-/m0/s1. The number of carbonyl (C=O) groups excluding carboxylic acids is 2. The molecule has 32 nitrogen and oxygen atoms in total. The van der Waals surface area contributed by atoms with Crippen LogP contribution in [0, 0.1) is 0 Å². The van der Waals surface area contributed by atoms with Crippen LogP contribution in [0.3, 0.4) is 0 Å². The van der Waals surface area contributed by atoms with Gasteiger partial charge in [-0.25, -0.2) is 0 Å². The molecule has 0 aromatic heterocycles. The van der Waals surface area contributed by atoms with Crippen LogP contribution in [0.5, 0.6) is 0 Å². The first-order valence-corrected chi connectivity index (χ1v) is 23.0. The maximum Gasteiger partial charge on any atom is 0.217 e. The molecule has 0 saturated carbocycles. The lowest BCUT2D eigenvalue weighted by molar-refractivity contribution is -0.406.